The van der Waals surface area contributed by atoms with Crippen molar-refractivity contribution in [3.8, 4) is 17.3 Å². The van der Waals surface area contributed by atoms with Crippen LogP contribution in [-0.2, 0) is 17.4 Å². The normalized spacial score (nSPS) is 15.6. The summed E-state index contributed by atoms with van der Waals surface area (Å²) in [7, 11) is 0. The lowest BCUT2D eigenvalue weighted by Crippen LogP contribution is -2.44. The van der Waals surface area contributed by atoms with E-state index < -0.39 is 18.0 Å². The van der Waals surface area contributed by atoms with E-state index in [4.69, 9.17) is 5.26 Å². The number of hydrogen-bond donors (Lipinski definition) is 1. The maximum atomic E-state index is 13.6. The third-order valence-electron chi connectivity index (χ3n) is 5.96. The summed E-state index contributed by atoms with van der Waals surface area (Å²) < 4.78 is 40.8. The van der Waals surface area contributed by atoms with Crippen molar-refractivity contribution in [1.29, 1.82) is 5.26 Å². The zero-order chi connectivity index (χ0) is 25.0. The molecular formula is C26H24F3N5O. The number of nitrogens with zero attached hydrogens (tertiary/aromatic N) is 4. The van der Waals surface area contributed by atoms with E-state index in [9.17, 15) is 18.0 Å². The van der Waals surface area contributed by atoms with E-state index in [-0.39, 0.29) is 17.4 Å². The molecule has 0 bridgehead atoms. The molecular weight excluding hydrogens is 455 g/mol. The predicted octanol–water partition coefficient (Wildman–Crippen LogP) is 4.67. The van der Waals surface area contributed by atoms with Gasteiger partial charge in [-0.1, -0.05) is 42.0 Å². The number of anilines is 1. The number of halogens is 3. The Labute approximate surface area is 201 Å². The minimum atomic E-state index is -4.71. The Morgan fingerprint density at radius 2 is 1.86 bits per heavy atom. The van der Waals surface area contributed by atoms with Crippen molar-refractivity contribution in [1.82, 2.24) is 15.3 Å². The summed E-state index contributed by atoms with van der Waals surface area (Å²) in [5.41, 5.74) is 3.23. The largest absolute Gasteiger partial charge is 0.451 e. The first-order chi connectivity index (χ1) is 16.7. The van der Waals surface area contributed by atoms with Gasteiger partial charge in [0.25, 0.3) is 0 Å². The van der Waals surface area contributed by atoms with Crippen LogP contribution >= 0.6 is 0 Å². The second-order valence-corrected chi connectivity index (χ2v) is 8.50. The van der Waals surface area contributed by atoms with Gasteiger partial charge in [-0.15, -0.1) is 0 Å². The molecule has 1 aliphatic heterocycles. The van der Waals surface area contributed by atoms with Crippen molar-refractivity contribution >= 4 is 11.7 Å². The van der Waals surface area contributed by atoms with Gasteiger partial charge in [0.2, 0.25) is 11.7 Å². The van der Waals surface area contributed by atoms with Gasteiger partial charge in [-0.2, -0.15) is 18.4 Å². The SMILES string of the molecule is Cc1ccc(-c2cc(N3CCCC3C(=O)NCCc3ccc(C#N)cc3)nc(C(F)(F)F)n2)cc1. The maximum absolute atomic E-state index is 13.6. The summed E-state index contributed by atoms with van der Waals surface area (Å²) in [4.78, 5) is 22.1. The lowest BCUT2D eigenvalue weighted by atomic mass is 10.1. The molecule has 2 aromatic carbocycles. The predicted molar refractivity (Wildman–Crippen MR) is 125 cm³/mol. The number of alkyl halides is 3. The van der Waals surface area contributed by atoms with Crippen molar-refractivity contribution < 1.29 is 18.0 Å². The number of hydrogen-bond acceptors (Lipinski definition) is 5. The molecule has 35 heavy (non-hydrogen) atoms. The van der Waals surface area contributed by atoms with Gasteiger partial charge in [-0.3, -0.25) is 4.79 Å². The minimum absolute atomic E-state index is 0.0904. The van der Waals surface area contributed by atoms with E-state index in [1.165, 1.54) is 6.07 Å². The van der Waals surface area contributed by atoms with Crippen LogP contribution in [0, 0.1) is 18.3 Å². The number of aryl methyl sites for hydroxylation is 1. The van der Waals surface area contributed by atoms with Crippen LogP contribution in [0.15, 0.2) is 54.6 Å². The number of nitrogens with one attached hydrogen (secondary N) is 1. The Morgan fingerprint density at radius 1 is 1.14 bits per heavy atom. The molecule has 0 saturated carbocycles. The second-order valence-electron chi connectivity index (χ2n) is 8.50. The first-order valence-corrected chi connectivity index (χ1v) is 11.3. The fourth-order valence-electron chi connectivity index (χ4n) is 4.09. The average molecular weight is 480 g/mol. The zero-order valence-corrected chi connectivity index (χ0v) is 19.1. The van der Waals surface area contributed by atoms with Crippen LogP contribution in [0.3, 0.4) is 0 Å². The molecule has 2 heterocycles. The second kappa shape index (κ2) is 10.1. The summed E-state index contributed by atoms with van der Waals surface area (Å²) >= 11 is 0. The molecule has 0 aliphatic carbocycles. The van der Waals surface area contributed by atoms with Crippen molar-refractivity contribution in [2.24, 2.45) is 0 Å². The molecule has 1 atom stereocenters. The van der Waals surface area contributed by atoms with Crippen molar-refractivity contribution in [3.05, 3.63) is 77.1 Å². The van der Waals surface area contributed by atoms with E-state index in [1.54, 1.807) is 29.2 Å². The fraction of sp³-hybridized carbons (Fsp3) is 0.308. The van der Waals surface area contributed by atoms with Gasteiger partial charge in [-0.25, -0.2) is 9.97 Å². The molecule has 6 nitrogen and oxygen atoms in total. The highest BCUT2D eigenvalue weighted by molar-refractivity contribution is 5.85. The summed E-state index contributed by atoms with van der Waals surface area (Å²) in [5, 5.41) is 11.8. The Morgan fingerprint density at radius 3 is 2.51 bits per heavy atom. The number of rotatable bonds is 6. The van der Waals surface area contributed by atoms with Crippen molar-refractivity contribution in [2.75, 3.05) is 18.0 Å². The number of aromatic nitrogens is 2. The van der Waals surface area contributed by atoms with Crippen molar-refractivity contribution in [2.45, 2.75) is 38.4 Å². The van der Waals surface area contributed by atoms with E-state index in [1.807, 2.05) is 31.2 Å². The highest BCUT2D eigenvalue weighted by Gasteiger charge is 2.38. The Kier molecular flexibility index (Phi) is 7.01. The van der Waals surface area contributed by atoms with Gasteiger partial charge in [0.1, 0.15) is 11.9 Å². The lowest BCUT2D eigenvalue weighted by molar-refractivity contribution is -0.144. The van der Waals surface area contributed by atoms with Gasteiger partial charge in [-0.05, 0) is 43.9 Å². The molecule has 0 spiro atoms. The number of carbonyl (C=O) groups excluding carboxylic acids is 1. The summed E-state index contributed by atoms with van der Waals surface area (Å²) in [6.45, 7) is 2.70. The van der Waals surface area contributed by atoms with Crippen LogP contribution in [0.2, 0.25) is 0 Å². The number of nitriles is 1. The van der Waals surface area contributed by atoms with E-state index in [0.717, 1.165) is 11.1 Å². The summed E-state index contributed by atoms with van der Waals surface area (Å²) in [6.07, 6.45) is -2.95. The number of benzene rings is 2. The molecule has 4 rings (SSSR count). The Bertz CT molecular complexity index is 1230. The Hall–Kier alpha value is -3.93. The van der Waals surface area contributed by atoms with Crippen LogP contribution in [0.1, 0.15) is 35.4 Å². The third-order valence-corrected chi connectivity index (χ3v) is 5.96. The van der Waals surface area contributed by atoms with Crippen LogP contribution in [-0.4, -0.2) is 35.0 Å². The minimum Gasteiger partial charge on any atom is -0.354 e. The van der Waals surface area contributed by atoms with Gasteiger partial charge >= 0.3 is 6.18 Å². The molecule has 1 aromatic heterocycles. The van der Waals surface area contributed by atoms with E-state index in [0.29, 0.717) is 43.5 Å². The van der Waals surface area contributed by atoms with Crippen LogP contribution < -0.4 is 10.2 Å². The molecule has 0 radical (unpaired) electrons. The van der Waals surface area contributed by atoms with Gasteiger partial charge in [0.15, 0.2) is 0 Å². The van der Waals surface area contributed by atoms with Crippen LogP contribution in [0.5, 0.6) is 0 Å². The first kappa shape index (κ1) is 24.2. The average Bonchev–Trinajstić information content (AvgIpc) is 3.34. The van der Waals surface area contributed by atoms with Crippen molar-refractivity contribution in [3.63, 3.8) is 0 Å². The molecule has 3 aromatic rings. The maximum Gasteiger partial charge on any atom is 0.451 e. The molecule has 9 heteroatoms. The molecule has 1 aliphatic rings. The van der Waals surface area contributed by atoms with Gasteiger partial charge in [0, 0.05) is 24.7 Å². The standard InChI is InChI=1S/C26H24F3N5O/c1-17-4-10-20(11-5-17)21-15-23(33-25(32-21)26(27,28)29)34-14-2-3-22(34)24(35)31-13-12-18-6-8-19(16-30)9-7-18/h4-11,15,22H,2-3,12-14H2,1H3,(H,31,35). The van der Waals surface area contributed by atoms with E-state index in [2.05, 4.69) is 21.4 Å². The molecule has 1 unspecified atom stereocenters. The zero-order valence-electron chi connectivity index (χ0n) is 19.1. The first-order valence-electron chi connectivity index (χ1n) is 11.3. The molecule has 1 saturated heterocycles. The van der Waals surface area contributed by atoms with E-state index >= 15 is 0 Å². The molecule has 1 N–H and O–H groups in total. The number of carbonyl (C=O) groups is 1. The van der Waals surface area contributed by atoms with Gasteiger partial charge < -0.3 is 10.2 Å². The summed E-state index contributed by atoms with van der Waals surface area (Å²) in [5.74, 6) is -1.38. The molecule has 180 valence electrons. The topological polar surface area (TPSA) is 81.9 Å². The van der Waals surface area contributed by atoms with Gasteiger partial charge in [0.05, 0.1) is 17.3 Å². The Balaban J connectivity index is 1.52. The monoisotopic (exact) mass is 479 g/mol. The highest BCUT2D eigenvalue weighted by Crippen LogP contribution is 2.33. The number of amides is 1. The lowest BCUT2D eigenvalue weighted by Gasteiger charge is -2.26. The van der Waals surface area contributed by atoms with Crippen LogP contribution in [0.4, 0.5) is 19.0 Å². The van der Waals surface area contributed by atoms with Crippen LogP contribution in [0.25, 0.3) is 11.3 Å². The highest BCUT2D eigenvalue weighted by atomic mass is 19.4. The summed E-state index contributed by atoms with van der Waals surface area (Å²) in [6, 6.07) is 17.1. The molecule has 1 amide bonds. The quantitative estimate of drug-likeness (QED) is 0.556. The molecule has 1 fully saturated rings. The third kappa shape index (κ3) is 5.77. The fourth-order valence-corrected chi connectivity index (χ4v) is 4.09. The smallest absolute Gasteiger partial charge is 0.354 e.